The van der Waals surface area contributed by atoms with Crippen LogP contribution in [0, 0.1) is 11.6 Å². The highest BCUT2D eigenvalue weighted by Crippen LogP contribution is 2.37. The number of halogens is 3. The maximum atomic E-state index is 14.4. The predicted molar refractivity (Wildman–Crippen MR) is 124 cm³/mol. The summed E-state index contributed by atoms with van der Waals surface area (Å²) in [6, 6.07) is 6.01. The van der Waals surface area contributed by atoms with Crippen LogP contribution in [0.3, 0.4) is 0 Å². The standard InChI is InChI=1S/C23H18ClF2N3O7/c1-33-15-5-4-12(25)19(26)10(15)9-36-17-8-14(11(24)6-16(17)34-2)29-21-20(28-23(29)32)18(35-3)7-13(27-21)22(30)31/h4-8H,9H2,1-3H3,(H,28,32)(H,30,31). The highest BCUT2D eigenvalue weighted by Gasteiger charge is 2.22. The van der Waals surface area contributed by atoms with Crippen LogP contribution in [0.25, 0.3) is 16.9 Å². The summed E-state index contributed by atoms with van der Waals surface area (Å²) >= 11 is 6.42. The number of nitrogens with one attached hydrogen (secondary N) is 1. The highest BCUT2D eigenvalue weighted by molar-refractivity contribution is 6.32. The van der Waals surface area contributed by atoms with Gasteiger partial charge >= 0.3 is 11.7 Å². The van der Waals surface area contributed by atoms with Gasteiger partial charge in [-0.3, -0.25) is 0 Å². The molecule has 0 bridgehead atoms. The van der Waals surface area contributed by atoms with E-state index in [1.807, 2.05) is 0 Å². The number of hydrogen-bond acceptors (Lipinski definition) is 7. The smallest absolute Gasteiger partial charge is 0.354 e. The lowest BCUT2D eigenvalue weighted by Crippen LogP contribution is -2.16. The van der Waals surface area contributed by atoms with Crippen molar-refractivity contribution in [3.8, 4) is 28.7 Å². The first kappa shape index (κ1) is 24.8. The van der Waals surface area contributed by atoms with E-state index in [0.717, 1.165) is 16.7 Å². The molecule has 0 atom stereocenters. The van der Waals surface area contributed by atoms with Crippen molar-refractivity contribution in [2.75, 3.05) is 21.3 Å². The van der Waals surface area contributed by atoms with Gasteiger partial charge < -0.3 is 29.0 Å². The van der Waals surface area contributed by atoms with Gasteiger partial charge in [0.25, 0.3) is 0 Å². The number of aromatic nitrogens is 3. The van der Waals surface area contributed by atoms with Crippen LogP contribution in [0.4, 0.5) is 8.78 Å². The minimum absolute atomic E-state index is 0.0187. The summed E-state index contributed by atoms with van der Waals surface area (Å²) < 4.78 is 50.5. The zero-order valence-corrected chi connectivity index (χ0v) is 19.8. The molecule has 0 fully saturated rings. The number of methoxy groups -OCH3 is 3. The third-order valence-corrected chi connectivity index (χ3v) is 5.57. The Morgan fingerprint density at radius 2 is 1.75 bits per heavy atom. The molecule has 0 radical (unpaired) electrons. The number of nitrogens with zero attached hydrogens (tertiary/aromatic N) is 2. The Bertz CT molecular complexity index is 1550. The molecule has 0 saturated heterocycles. The van der Waals surface area contributed by atoms with Crippen molar-refractivity contribution in [1.29, 1.82) is 0 Å². The van der Waals surface area contributed by atoms with Gasteiger partial charge in [-0.25, -0.2) is 27.9 Å². The number of carbonyl (C=O) groups is 1. The maximum Gasteiger partial charge on any atom is 0.354 e. The Kier molecular flexibility index (Phi) is 6.71. The number of rotatable bonds is 8. The van der Waals surface area contributed by atoms with E-state index in [0.29, 0.717) is 0 Å². The minimum Gasteiger partial charge on any atom is -0.496 e. The molecule has 2 aromatic carbocycles. The molecule has 10 nitrogen and oxygen atoms in total. The topological polar surface area (TPSA) is 125 Å². The van der Waals surface area contributed by atoms with Crippen molar-refractivity contribution in [2.45, 2.75) is 6.61 Å². The van der Waals surface area contributed by atoms with Gasteiger partial charge in [0.15, 0.2) is 34.5 Å². The van der Waals surface area contributed by atoms with Gasteiger partial charge in [-0.1, -0.05) is 11.6 Å². The van der Waals surface area contributed by atoms with Gasteiger partial charge in [-0.2, -0.15) is 0 Å². The molecule has 13 heteroatoms. The van der Waals surface area contributed by atoms with E-state index < -0.39 is 29.9 Å². The van der Waals surface area contributed by atoms with Crippen molar-refractivity contribution in [2.24, 2.45) is 0 Å². The molecule has 0 aliphatic carbocycles. The Morgan fingerprint density at radius 1 is 1.06 bits per heavy atom. The van der Waals surface area contributed by atoms with Crippen LogP contribution in [-0.2, 0) is 6.61 Å². The molecule has 0 aliphatic heterocycles. The van der Waals surface area contributed by atoms with Crippen LogP contribution in [-0.4, -0.2) is 46.9 Å². The third-order valence-electron chi connectivity index (χ3n) is 5.27. The number of pyridine rings is 1. The molecular formula is C23H18ClF2N3O7. The lowest BCUT2D eigenvalue weighted by atomic mass is 10.2. The molecule has 0 amide bonds. The number of carboxylic acid groups (broad SMARTS) is 1. The molecule has 4 rings (SSSR count). The van der Waals surface area contributed by atoms with Gasteiger partial charge in [-0.05, 0) is 12.1 Å². The predicted octanol–water partition coefficient (Wildman–Crippen LogP) is 3.95. The summed E-state index contributed by atoms with van der Waals surface area (Å²) in [5, 5.41) is 9.44. The lowest BCUT2D eigenvalue weighted by molar-refractivity contribution is 0.0690. The zero-order chi connectivity index (χ0) is 26.1. The number of imidazole rings is 1. The fraction of sp³-hybridized carbons (Fsp3) is 0.174. The molecule has 0 unspecified atom stereocenters. The van der Waals surface area contributed by atoms with Crippen LogP contribution in [0.1, 0.15) is 16.1 Å². The molecule has 0 aliphatic rings. The molecular weight excluding hydrogens is 504 g/mol. The van der Waals surface area contributed by atoms with Crippen molar-refractivity contribution < 1.29 is 37.6 Å². The van der Waals surface area contributed by atoms with Gasteiger partial charge in [-0.15, -0.1) is 0 Å². The molecule has 2 heterocycles. The van der Waals surface area contributed by atoms with Crippen LogP contribution < -0.4 is 24.6 Å². The second-order valence-corrected chi connectivity index (χ2v) is 7.67. The number of ether oxygens (including phenoxy) is 4. The van der Waals surface area contributed by atoms with E-state index in [1.54, 1.807) is 0 Å². The molecule has 4 aromatic rings. The summed E-state index contributed by atoms with van der Waals surface area (Å²) in [6.45, 7) is -0.456. The number of hydrogen-bond donors (Lipinski definition) is 2. The Balaban J connectivity index is 1.86. The Hall–Kier alpha value is -4.32. The van der Waals surface area contributed by atoms with Crippen LogP contribution in [0.15, 0.2) is 35.1 Å². The quantitative estimate of drug-likeness (QED) is 0.357. The number of benzene rings is 2. The van der Waals surface area contributed by atoms with Gasteiger partial charge in [0, 0.05) is 18.2 Å². The van der Waals surface area contributed by atoms with Crippen LogP contribution >= 0.6 is 11.6 Å². The second kappa shape index (κ2) is 9.74. The van der Waals surface area contributed by atoms with E-state index >= 15 is 0 Å². The zero-order valence-electron chi connectivity index (χ0n) is 19.0. The first-order valence-corrected chi connectivity index (χ1v) is 10.5. The second-order valence-electron chi connectivity index (χ2n) is 7.26. The van der Waals surface area contributed by atoms with E-state index in [2.05, 4.69) is 9.97 Å². The minimum atomic E-state index is -1.34. The average Bonchev–Trinajstić information content (AvgIpc) is 3.20. The van der Waals surface area contributed by atoms with Crippen molar-refractivity contribution in [3.63, 3.8) is 0 Å². The van der Waals surface area contributed by atoms with Crippen molar-refractivity contribution in [3.05, 3.63) is 68.7 Å². The monoisotopic (exact) mass is 521 g/mol. The summed E-state index contributed by atoms with van der Waals surface area (Å²) in [7, 11) is 3.94. The number of H-pyrrole nitrogens is 1. The molecule has 36 heavy (non-hydrogen) atoms. The van der Waals surface area contributed by atoms with Crippen molar-refractivity contribution in [1.82, 2.24) is 14.5 Å². The maximum absolute atomic E-state index is 14.4. The Labute approximate surface area is 206 Å². The summed E-state index contributed by atoms with van der Waals surface area (Å²) in [5.74, 6) is -3.29. The normalized spacial score (nSPS) is 10.9. The number of carboxylic acids is 1. The molecule has 188 valence electrons. The average molecular weight is 522 g/mol. The van der Waals surface area contributed by atoms with Crippen LogP contribution in [0.5, 0.6) is 23.0 Å². The van der Waals surface area contributed by atoms with Gasteiger partial charge in [0.2, 0.25) is 0 Å². The van der Waals surface area contributed by atoms with E-state index in [-0.39, 0.29) is 56.1 Å². The number of aromatic carboxylic acids is 1. The highest BCUT2D eigenvalue weighted by atomic mass is 35.5. The van der Waals surface area contributed by atoms with Gasteiger partial charge in [0.05, 0.1) is 37.6 Å². The summed E-state index contributed by atoms with van der Waals surface area (Å²) in [6.07, 6.45) is 0. The third kappa shape index (κ3) is 4.26. The fourth-order valence-electron chi connectivity index (χ4n) is 3.56. The molecule has 0 spiro atoms. The number of fused-ring (bicyclic) bond motifs is 1. The number of aromatic amines is 1. The first-order chi connectivity index (χ1) is 17.2. The van der Waals surface area contributed by atoms with E-state index in [4.69, 9.17) is 30.5 Å². The van der Waals surface area contributed by atoms with Gasteiger partial charge in [0.1, 0.15) is 23.6 Å². The summed E-state index contributed by atoms with van der Waals surface area (Å²) in [4.78, 5) is 31.0. The molecule has 2 N–H and O–H groups in total. The van der Waals surface area contributed by atoms with Crippen molar-refractivity contribution >= 4 is 28.7 Å². The lowest BCUT2D eigenvalue weighted by Gasteiger charge is -2.16. The van der Waals surface area contributed by atoms with Crippen LogP contribution in [0.2, 0.25) is 5.02 Å². The first-order valence-electron chi connectivity index (χ1n) is 10.1. The van der Waals surface area contributed by atoms with E-state index in [9.17, 15) is 23.5 Å². The van der Waals surface area contributed by atoms with E-state index in [1.165, 1.54) is 39.5 Å². The fourth-order valence-corrected chi connectivity index (χ4v) is 3.80. The largest absolute Gasteiger partial charge is 0.496 e. The Morgan fingerprint density at radius 3 is 2.39 bits per heavy atom. The molecule has 0 saturated carbocycles. The SMILES string of the molecule is COc1cc(Cl)c(-n2c(=O)[nH]c3c(OC)cc(C(=O)O)nc32)cc1OCc1c(OC)ccc(F)c1F. The summed E-state index contributed by atoms with van der Waals surface area (Å²) in [5.41, 5.74) is -1.15. The molecule has 2 aromatic heterocycles.